The minimum absolute atomic E-state index is 0.00376. The first kappa shape index (κ1) is 28.9. The van der Waals surface area contributed by atoms with E-state index in [-0.39, 0.29) is 34.8 Å². The summed E-state index contributed by atoms with van der Waals surface area (Å²) in [5.41, 5.74) is 3.36. The number of aliphatic carboxylic acids is 1. The van der Waals surface area contributed by atoms with Gasteiger partial charge in [0.25, 0.3) is 5.91 Å². The highest BCUT2D eigenvalue weighted by Crippen LogP contribution is 2.38. The number of amides is 1. The van der Waals surface area contributed by atoms with Crippen molar-refractivity contribution < 1.29 is 24.9 Å². The van der Waals surface area contributed by atoms with E-state index in [2.05, 4.69) is 37.4 Å². The Hall–Kier alpha value is -3.06. The Morgan fingerprint density at radius 2 is 1.69 bits per heavy atom. The number of aromatic hydroxyl groups is 2. The number of phenols is 2. The first-order valence-electron chi connectivity index (χ1n) is 14.5. The number of hydrogen-bond acceptors (Lipinski definition) is 5. The molecule has 2 aromatic carbocycles. The molecule has 0 saturated heterocycles. The Morgan fingerprint density at radius 1 is 1.00 bits per heavy atom. The summed E-state index contributed by atoms with van der Waals surface area (Å²) in [5, 5.41) is 34.3. The predicted octanol–water partition coefficient (Wildman–Crippen LogP) is 5.96. The fourth-order valence-electron chi connectivity index (χ4n) is 6.53. The van der Waals surface area contributed by atoms with Gasteiger partial charge in [0, 0.05) is 19.2 Å². The number of benzene rings is 2. The highest BCUT2D eigenvalue weighted by molar-refractivity contribution is 5.97. The molecule has 0 aromatic heterocycles. The van der Waals surface area contributed by atoms with Gasteiger partial charge < -0.3 is 25.5 Å². The third kappa shape index (κ3) is 6.24. The van der Waals surface area contributed by atoms with E-state index in [1.807, 2.05) is 13.8 Å². The topological polar surface area (TPSA) is 110 Å². The van der Waals surface area contributed by atoms with Crippen LogP contribution in [0.4, 0.5) is 0 Å². The maximum atomic E-state index is 13.3. The van der Waals surface area contributed by atoms with Crippen LogP contribution in [0.3, 0.4) is 0 Å². The van der Waals surface area contributed by atoms with Crippen LogP contribution in [-0.2, 0) is 24.3 Å². The second kappa shape index (κ2) is 12.0. The molecule has 212 valence electrons. The molecule has 7 heteroatoms. The quantitative estimate of drug-likeness (QED) is 0.264. The highest BCUT2D eigenvalue weighted by Gasteiger charge is 2.46. The van der Waals surface area contributed by atoms with E-state index in [9.17, 15) is 24.9 Å². The van der Waals surface area contributed by atoms with Gasteiger partial charge in [-0.15, -0.1) is 0 Å². The lowest BCUT2D eigenvalue weighted by molar-refractivity contribution is -0.148. The van der Waals surface area contributed by atoms with Crippen LogP contribution in [0.15, 0.2) is 30.3 Å². The fourth-order valence-corrected chi connectivity index (χ4v) is 6.53. The minimum Gasteiger partial charge on any atom is -0.508 e. The molecule has 0 radical (unpaired) electrons. The number of nitrogens with one attached hydrogen (secondary N) is 1. The smallest absolute Gasteiger partial charge is 0.324 e. The first-order valence-corrected chi connectivity index (χ1v) is 14.5. The van der Waals surface area contributed by atoms with E-state index in [1.165, 1.54) is 11.6 Å². The number of carboxylic acid groups (broad SMARTS) is 1. The number of aryl methyl sites for hydroxylation is 1. The number of nitrogens with zero attached hydrogens (tertiary/aromatic N) is 1. The lowest BCUT2D eigenvalue weighted by Gasteiger charge is -2.38. The van der Waals surface area contributed by atoms with Crippen molar-refractivity contribution in [2.45, 2.75) is 97.2 Å². The zero-order chi connectivity index (χ0) is 28.3. The van der Waals surface area contributed by atoms with E-state index in [4.69, 9.17) is 0 Å². The number of fused-ring (bicyclic) bond motifs is 1. The molecular weight excluding hydrogens is 492 g/mol. The summed E-state index contributed by atoms with van der Waals surface area (Å²) in [7, 11) is 0. The maximum Gasteiger partial charge on any atom is 0.324 e. The Morgan fingerprint density at radius 3 is 2.33 bits per heavy atom. The van der Waals surface area contributed by atoms with Crippen molar-refractivity contribution in [3.05, 3.63) is 58.1 Å². The van der Waals surface area contributed by atoms with E-state index in [0.29, 0.717) is 37.5 Å². The van der Waals surface area contributed by atoms with Crippen molar-refractivity contribution in [2.75, 3.05) is 6.54 Å². The average molecular weight is 537 g/mol. The van der Waals surface area contributed by atoms with Crippen molar-refractivity contribution in [3.8, 4) is 11.5 Å². The largest absolute Gasteiger partial charge is 0.508 e. The Kier molecular flexibility index (Phi) is 8.90. The van der Waals surface area contributed by atoms with E-state index in [1.54, 1.807) is 11.0 Å². The van der Waals surface area contributed by atoms with Gasteiger partial charge in [-0.25, -0.2) is 0 Å². The molecule has 1 heterocycles. The van der Waals surface area contributed by atoms with Crippen LogP contribution in [0.25, 0.3) is 0 Å². The SMILES string of the molecule is CC(C)C[C@@](NCCCc1ccc2c(c1)CN(C(=O)c1cc(C(C)C)c(O)cc1O)C2)(C(=O)O)C1CCCC1. The van der Waals surface area contributed by atoms with Crippen LogP contribution < -0.4 is 5.32 Å². The van der Waals surface area contributed by atoms with Gasteiger partial charge in [-0.1, -0.05) is 58.7 Å². The van der Waals surface area contributed by atoms with Crippen LogP contribution >= 0.6 is 0 Å². The number of hydrogen-bond donors (Lipinski definition) is 4. The van der Waals surface area contributed by atoms with Gasteiger partial charge in [0.1, 0.15) is 17.0 Å². The number of carbonyl (C=O) groups is 2. The summed E-state index contributed by atoms with van der Waals surface area (Å²) in [6, 6.07) is 9.16. The first-order chi connectivity index (χ1) is 18.5. The molecule has 1 fully saturated rings. The van der Waals surface area contributed by atoms with Crippen LogP contribution in [0.1, 0.15) is 105 Å². The Labute approximate surface area is 232 Å². The van der Waals surface area contributed by atoms with Crippen LogP contribution in [0, 0.1) is 11.8 Å². The summed E-state index contributed by atoms with van der Waals surface area (Å²) in [6.45, 7) is 9.66. The molecule has 1 saturated carbocycles. The minimum atomic E-state index is -0.849. The summed E-state index contributed by atoms with van der Waals surface area (Å²) >= 11 is 0. The molecule has 0 unspecified atom stereocenters. The molecule has 4 rings (SSSR count). The highest BCUT2D eigenvalue weighted by atomic mass is 16.4. The lowest BCUT2D eigenvalue weighted by Crippen LogP contribution is -2.58. The van der Waals surface area contributed by atoms with Crippen molar-refractivity contribution in [1.29, 1.82) is 0 Å². The number of carbonyl (C=O) groups excluding carboxylic acids is 1. The molecule has 2 aromatic rings. The summed E-state index contributed by atoms with van der Waals surface area (Å²) in [4.78, 5) is 27.5. The average Bonchev–Trinajstić information content (AvgIpc) is 3.55. The van der Waals surface area contributed by atoms with E-state index in [0.717, 1.165) is 49.7 Å². The van der Waals surface area contributed by atoms with Gasteiger partial charge in [0.15, 0.2) is 0 Å². The van der Waals surface area contributed by atoms with Gasteiger partial charge in [0.05, 0.1) is 5.56 Å². The Bertz CT molecular complexity index is 1200. The second-order valence-corrected chi connectivity index (χ2v) is 12.2. The van der Waals surface area contributed by atoms with Gasteiger partial charge in [0.2, 0.25) is 0 Å². The molecule has 1 aliphatic carbocycles. The molecule has 39 heavy (non-hydrogen) atoms. The number of phenolic OH excluding ortho intramolecular Hbond substituents is 2. The monoisotopic (exact) mass is 536 g/mol. The third-order valence-corrected chi connectivity index (χ3v) is 8.52. The van der Waals surface area contributed by atoms with E-state index < -0.39 is 11.5 Å². The van der Waals surface area contributed by atoms with Crippen molar-refractivity contribution >= 4 is 11.9 Å². The van der Waals surface area contributed by atoms with Crippen LogP contribution in [-0.4, -0.2) is 44.2 Å². The van der Waals surface area contributed by atoms with Crippen molar-refractivity contribution in [1.82, 2.24) is 10.2 Å². The van der Waals surface area contributed by atoms with Crippen LogP contribution in [0.5, 0.6) is 11.5 Å². The maximum absolute atomic E-state index is 13.3. The lowest BCUT2D eigenvalue weighted by atomic mass is 9.76. The molecule has 2 aliphatic rings. The molecule has 0 spiro atoms. The van der Waals surface area contributed by atoms with Gasteiger partial charge in [-0.2, -0.15) is 0 Å². The van der Waals surface area contributed by atoms with E-state index >= 15 is 0 Å². The molecule has 1 atom stereocenters. The predicted molar refractivity (Wildman–Crippen MR) is 152 cm³/mol. The Balaban J connectivity index is 1.38. The number of carboxylic acids is 1. The zero-order valence-corrected chi connectivity index (χ0v) is 23.8. The molecule has 1 aliphatic heterocycles. The van der Waals surface area contributed by atoms with Gasteiger partial charge in [-0.05, 0) is 84.7 Å². The number of rotatable bonds is 11. The second-order valence-electron chi connectivity index (χ2n) is 12.2. The van der Waals surface area contributed by atoms with Crippen molar-refractivity contribution in [3.63, 3.8) is 0 Å². The zero-order valence-electron chi connectivity index (χ0n) is 23.8. The fraction of sp³-hybridized carbons (Fsp3) is 0.562. The summed E-state index contributed by atoms with van der Waals surface area (Å²) < 4.78 is 0. The molecular formula is C32H44N2O5. The molecule has 4 N–H and O–H groups in total. The van der Waals surface area contributed by atoms with Gasteiger partial charge >= 0.3 is 5.97 Å². The summed E-state index contributed by atoms with van der Waals surface area (Å²) in [6.07, 6.45) is 6.48. The third-order valence-electron chi connectivity index (χ3n) is 8.52. The van der Waals surface area contributed by atoms with Crippen LogP contribution in [0.2, 0.25) is 0 Å². The molecule has 0 bridgehead atoms. The van der Waals surface area contributed by atoms with Crippen molar-refractivity contribution in [2.24, 2.45) is 11.8 Å². The molecule has 7 nitrogen and oxygen atoms in total. The summed E-state index contributed by atoms with van der Waals surface area (Å²) in [5.74, 6) is -0.671. The molecule has 1 amide bonds. The normalized spacial score (nSPS) is 17.1. The standard InChI is InChI=1S/C32H44N2O5/c1-20(2)17-32(31(38)39,25-9-5-6-10-25)33-13-7-8-22-11-12-23-18-34(19-24(23)14-22)30(37)27-15-26(21(3)4)28(35)16-29(27)36/h11-12,14-16,20-21,25,33,35-36H,5-10,13,17-19H2,1-4H3,(H,38,39)/t32-/m0/s1. The van der Waals surface area contributed by atoms with Gasteiger partial charge in [-0.3, -0.25) is 9.59 Å².